The number of hydrogen-bond acceptors (Lipinski definition) is 7. The van der Waals surface area contributed by atoms with Gasteiger partial charge in [0.15, 0.2) is 5.96 Å². The number of amides is 3. The molecule has 13 heteroatoms. The van der Waals surface area contributed by atoms with Gasteiger partial charge in [-0.2, -0.15) is 0 Å². The fourth-order valence-electron chi connectivity index (χ4n) is 2.84. The second-order valence-corrected chi connectivity index (χ2v) is 8.20. The lowest BCUT2D eigenvalue weighted by Crippen LogP contribution is -2.58. The van der Waals surface area contributed by atoms with E-state index in [9.17, 15) is 19.2 Å². The monoisotopic (exact) mass is 472 g/mol. The van der Waals surface area contributed by atoms with Crippen LogP contribution in [-0.2, 0) is 19.2 Å². The van der Waals surface area contributed by atoms with E-state index in [1.807, 2.05) is 0 Å². The van der Waals surface area contributed by atoms with Crippen molar-refractivity contribution in [3.63, 3.8) is 0 Å². The van der Waals surface area contributed by atoms with Crippen LogP contribution in [0.5, 0.6) is 0 Å². The molecule has 0 spiro atoms. The third-order valence-electron chi connectivity index (χ3n) is 4.86. The van der Waals surface area contributed by atoms with E-state index in [2.05, 4.69) is 20.9 Å². The lowest BCUT2D eigenvalue weighted by atomic mass is 10.0. The minimum atomic E-state index is -1.20. The maximum absolute atomic E-state index is 13.0. The van der Waals surface area contributed by atoms with Crippen LogP contribution in [0.3, 0.4) is 0 Å². The highest BCUT2D eigenvalue weighted by Gasteiger charge is 2.30. The van der Waals surface area contributed by atoms with E-state index >= 15 is 0 Å². The zero-order valence-corrected chi connectivity index (χ0v) is 19.7. The van der Waals surface area contributed by atoms with Crippen LogP contribution >= 0.6 is 0 Å². The molecule has 0 bridgehead atoms. The Morgan fingerprint density at radius 2 is 1.52 bits per heavy atom. The van der Waals surface area contributed by atoms with Gasteiger partial charge in [0.05, 0.1) is 6.04 Å². The van der Waals surface area contributed by atoms with Crippen LogP contribution in [0.25, 0.3) is 0 Å². The number of nitrogens with one attached hydrogen (secondary N) is 3. The molecule has 33 heavy (non-hydrogen) atoms. The first-order valence-corrected chi connectivity index (χ1v) is 11.1. The quantitative estimate of drug-likeness (QED) is 0.0683. The molecule has 0 aliphatic carbocycles. The molecular weight excluding hydrogens is 432 g/mol. The van der Waals surface area contributed by atoms with Crippen LogP contribution in [0.15, 0.2) is 4.99 Å². The zero-order chi connectivity index (χ0) is 25.6. The van der Waals surface area contributed by atoms with Gasteiger partial charge < -0.3 is 44.0 Å². The Bertz CT molecular complexity index is 681. The Kier molecular flexibility index (Phi) is 14.4. The second-order valence-electron chi connectivity index (χ2n) is 8.20. The second kappa shape index (κ2) is 15.8. The molecule has 13 nitrogen and oxygen atoms in total. The first-order valence-electron chi connectivity index (χ1n) is 11.1. The molecule has 3 amide bonds. The molecule has 0 fully saturated rings. The van der Waals surface area contributed by atoms with Crippen LogP contribution in [0.2, 0.25) is 0 Å². The maximum atomic E-state index is 13.0. The Morgan fingerprint density at radius 3 is 2.03 bits per heavy atom. The standard InChI is InChI=1S/C20H40N8O5/c1-11(2)15(18(31)26-12(3)19(32)33)28-17(30)14(8-6-10-25-20(23)24)27-16(29)13(22)7-4-5-9-21/h11-15H,4-10,21-22H2,1-3H3,(H,26,31)(H,27,29)(H,28,30)(H,32,33)(H4,23,24,25). The van der Waals surface area contributed by atoms with E-state index in [1.165, 1.54) is 6.92 Å². The highest BCUT2D eigenvalue weighted by molar-refractivity contribution is 5.94. The Balaban J connectivity index is 5.32. The molecular formula is C20H40N8O5. The predicted octanol–water partition coefficient (Wildman–Crippen LogP) is -2.29. The largest absolute Gasteiger partial charge is 0.480 e. The summed E-state index contributed by atoms with van der Waals surface area (Å²) in [6.45, 7) is 5.46. The number of guanidine groups is 1. The normalized spacial score (nSPS) is 14.5. The van der Waals surface area contributed by atoms with Gasteiger partial charge in [-0.25, -0.2) is 0 Å². The topological polar surface area (TPSA) is 241 Å². The first kappa shape index (κ1) is 30.1. The summed E-state index contributed by atoms with van der Waals surface area (Å²) in [5.41, 5.74) is 22.0. The number of aliphatic imine (C=N–C) groups is 1. The molecule has 0 saturated carbocycles. The number of hydrogen-bond donors (Lipinski definition) is 8. The summed E-state index contributed by atoms with van der Waals surface area (Å²) >= 11 is 0. The van der Waals surface area contributed by atoms with Crippen molar-refractivity contribution in [3.8, 4) is 0 Å². The summed E-state index contributed by atoms with van der Waals surface area (Å²) in [6.07, 6.45) is 2.39. The predicted molar refractivity (Wildman–Crippen MR) is 125 cm³/mol. The van der Waals surface area contributed by atoms with Crippen molar-refractivity contribution in [2.24, 2.45) is 33.8 Å². The number of nitrogens with zero attached hydrogens (tertiary/aromatic N) is 1. The van der Waals surface area contributed by atoms with Gasteiger partial charge in [0, 0.05) is 6.54 Å². The van der Waals surface area contributed by atoms with Gasteiger partial charge in [-0.05, 0) is 45.1 Å². The van der Waals surface area contributed by atoms with Gasteiger partial charge in [-0.3, -0.25) is 24.2 Å². The highest BCUT2D eigenvalue weighted by atomic mass is 16.4. The van der Waals surface area contributed by atoms with Gasteiger partial charge in [0.25, 0.3) is 0 Å². The number of carboxylic acid groups (broad SMARTS) is 1. The molecule has 0 saturated heterocycles. The molecule has 0 radical (unpaired) electrons. The first-order chi connectivity index (χ1) is 15.4. The average molecular weight is 473 g/mol. The number of nitrogens with two attached hydrogens (primary N) is 4. The molecule has 4 atom stereocenters. The summed E-state index contributed by atoms with van der Waals surface area (Å²) in [5.74, 6) is -3.38. The van der Waals surface area contributed by atoms with Crippen molar-refractivity contribution in [1.29, 1.82) is 0 Å². The Labute approximate surface area is 194 Å². The highest BCUT2D eigenvalue weighted by Crippen LogP contribution is 2.07. The Morgan fingerprint density at radius 1 is 0.879 bits per heavy atom. The smallest absolute Gasteiger partial charge is 0.325 e. The summed E-state index contributed by atoms with van der Waals surface area (Å²) in [7, 11) is 0. The number of carbonyl (C=O) groups excluding carboxylic acids is 3. The summed E-state index contributed by atoms with van der Waals surface area (Å²) < 4.78 is 0. The van der Waals surface area contributed by atoms with E-state index in [-0.39, 0.29) is 24.8 Å². The zero-order valence-electron chi connectivity index (χ0n) is 19.7. The summed E-state index contributed by atoms with van der Waals surface area (Å²) in [6, 6.07) is -3.93. The van der Waals surface area contributed by atoms with Crippen molar-refractivity contribution < 1.29 is 24.3 Å². The van der Waals surface area contributed by atoms with Gasteiger partial charge in [-0.15, -0.1) is 0 Å². The van der Waals surface area contributed by atoms with Crippen molar-refractivity contribution in [2.45, 2.75) is 77.0 Å². The van der Waals surface area contributed by atoms with Crippen molar-refractivity contribution >= 4 is 29.7 Å². The number of aliphatic carboxylic acids is 1. The van der Waals surface area contributed by atoms with Crippen molar-refractivity contribution in [2.75, 3.05) is 13.1 Å². The third-order valence-corrected chi connectivity index (χ3v) is 4.86. The molecule has 0 aliphatic heterocycles. The molecule has 0 aromatic heterocycles. The number of unbranched alkanes of at least 4 members (excludes halogenated alkanes) is 1. The molecule has 4 unspecified atom stereocenters. The van der Waals surface area contributed by atoms with Crippen molar-refractivity contribution in [3.05, 3.63) is 0 Å². The average Bonchev–Trinajstić information content (AvgIpc) is 2.73. The van der Waals surface area contributed by atoms with Gasteiger partial charge >= 0.3 is 5.97 Å². The van der Waals surface area contributed by atoms with Crippen LogP contribution < -0.4 is 38.9 Å². The molecule has 0 aliphatic rings. The molecule has 0 heterocycles. The van der Waals surface area contributed by atoms with Crippen molar-refractivity contribution in [1.82, 2.24) is 16.0 Å². The minimum Gasteiger partial charge on any atom is -0.480 e. The number of carboxylic acids is 1. The van der Waals surface area contributed by atoms with Crippen LogP contribution in [0.1, 0.15) is 52.9 Å². The van der Waals surface area contributed by atoms with Gasteiger partial charge in [-0.1, -0.05) is 20.3 Å². The molecule has 0 aromatic carbocycles. The van der Waals surface area contributed by atoms with E-state index < -0.39 is 47.9 Å². The lowest BCUT2D eigenvalue weighted by molar-refractivity contribution is -0.142. The number of rotatable bonds is 16. The maximum Gasteiger partial charge on any atom is 0.325 e. The van der Waals surface area contributed by atoms with E-state index in [0.717, 1.165) is 6.42 Å². The van der Waals surface area contributed by atoms with Crippen LogP contribution in [0, 0.1) is 5.92 Å². The molecule has 0 aromatic rings. The van der Waals surface area contributed by atoms with Crippen LogP contribution in [0.4, 0.5) is 0 Å². The summed E-state index contributed by atoms with van der Waals surface area (Å²) in [5, 5.41) is 16.6. The van der Waals surface area contributed by atoms with Gasteiger partial charge in [0.1, 0.15) is 18.1 Å². The minimum absolute atomic E-state index is 0.0916. The van der Waals surface area contributed by atoms with Crippen LogP contribution in [-0.4, -0.2) is 72.0 Å². The SMILES string of the molecule is CC(NC(=O)C(NC(=O)C(CCCN=C(N)N)NC(=O)C(N)CCCCN)C(C)C)C(=O)O. The van der Waals surface area contributed by atoms with E-state index in [4.69, 9.17) is 28.0 Å². The third kappa shape index (κ3) is 12.6. The number of carbonyl (C=O) groups is 4. The fourth-order valence-corrected chi connectivity index (χ4v) is 2.84. The fraction of sp³-hybridized carbons (Fsp3) is 0.750. The molecule has 12 N–H and O–H groups in total. The summed E-state index contributed by atoms with van der Waals surface area (Å²) in [4.78, 5) is 52.9. The molecule has 0 rings (SSSR count). The van der Waals surface area contributed by atoms with Gasteiger partial charge in [0.2, 0.25) is 17.7 Å². The Hall–Kier alpha value is -2.93. The molecule has 190 valence electrons. The van der Waals surface area contributed by atoms with E-state index in [0.29, 0.717) is 25.8 Å². The lowest BCUT2D eigenvalue weighted by Gasteiger charge is -2.26. The van der Waals surface area contributed by atoms with E-state index in [1.54, 1.807) is 13.8 Å².